The van der Waals surface area contributed by atoms with E-state index in [4.69, 9.17) is 4.74 Å². The first kappa shape index (κ1) is 15.3. The molecule has 0 bridgehead atoms. The number of esters is 1. The van der Waals surface area contributed by atoms with Gasteiger partial charge in [-0.2, -0.15) is 0 Å². The average Bonchev–Trinajstić information content (AvgIpc) is 2.82. The Kier molecular flexibility index (Phi) is 5.11. The highest BCUT2D eigenvalue weighted by Gasteiger charge is 2.14. The van der Waals surface area contributed by atoms with Gasteiger partial charge in [-0.05, 0) is 25.5 Å². The summed E-state index contributed by atoms with van der Waals surface area (Å²) in [5, 5.41) is 2.71. The van der Waals surface area contributed by atoms with Crippen LogP contribution >= 0.6 is 11.3 Å². The van der Waals surface area contributed by atoms with Gasteiger partial charge in [0.2, 0.25) is 0 Å². The number of hydrogen-bond donors (Lipinski definition) is 1. The Morgan fingerprint density at radius 3 is 2.52 bits per heavy atom. The summed E-state index contributed by atoms with van der Waals surface area (Å²) >= 11 is 1.54. The second-order valence-corrected chi connectivity index (χ2v) is 6.13. The minimum Gasteiger partial charge on any atom is -0.452 e. The van der Waals surface area contributed by atoms with Crippen LogP contribution in [0.3, 0.4) is 0 Å². The molecule has 0 radical (unpaired) electrons. The summed E-state index contributed by atoms with van der Waals surface area (Å²) in [7, 11) is 0. The van der Waals surface area contributed by atoms with E-state index in [1.165, 1.54) is 11.3 Å². The molecule has 1 heterocycles. The van der Waals surface area contributed by atoms with Crippen molar-refractivity contribution in [2.75, 3.05) is 6.61 Å². The lowest BCUT2D eigenvalue weighted by Crippen LogP contribution is -2.28. The van der Waals surface area contributed by atoms with E-state index >= 15 is 0 Å². The quantitative estimate of drug-likeness (QED) is 0.864. The van der Waals surface area contributed by atoms with Crippen molar-refractivity contribution >= 4 is 23.2 Å². The Bertz CT molecular complexity index is 634. The first-order chi connectivity index (χ1) is 10.1. The highest BCUT2D eigenvalue weighted by Crippen LogP contribution is 2.21. The van der Waals surface area contributed by atoms with Gasteiger partial charge in [-0.25, -0.2) is 4.79 Å². The van der Waals surface area contributed by atoms with Crippen LogP contribution in [0.25, 0.3) is 0 Å². The van der Waals surface area contributed by atoms with Crippen LogP contribution in [0.4, 0.5) is 0 Å². The third kappa shape index (κ3) is 4.43. The highest BCUT2D eigenvalue weighted by molar-refractivity contribution is 7.12. The molecule has 0 saturated carbocycles. The standard InChI is InChI=1S/C16H17NO3S/c1-11-8-14(12(2)21-11)16(19)20-10-15(18)17-9-13-6-4-3-5-7-13/h3-8H,9-10H2,1-2H3,(H,17,18). The van der Waals surface area contributed by atoms with E-state index in [0.717, 1.165) is 15.3 Å². The van der Waals surface area contributed by atoms with E-state index in [9.17, 15) is 9.59 Å². The number of nitrogens with one attached hydrogen (secondary N) is 1. The van der Waals surface area contributed by atoms with Crippen molar-refractivity contribution in [2.24, 2.45) is 0 Å². The molecule has 2 aromatic rings. The molecule has 0 atom stereocenters. The van der Waals surface area contributed by atoms with Crippen LogP contribution in [-0.2, 0) is 16.1 Å². The fraction of sp³-hybridized carbons (Fsp3) is 0.250. The molecule has 0 aliphatic carbocycles. The fourth-order valence-corrected chi connectivity index (χ4v) is 2.80. The van der Waals surface area contributed by atoms with E-state index in [2.05, 4.69) is 5.32 Å². The van der Waals surface area contributed by atoms with Crippen molar-refractivity contribution in [3.8, 4) is 0 Å². The van der Waals surface area contributed by atoms with Crippen LogP contribution in [0.5, 0.6) is 0 Å². The fourth-order valence-electron chi connectivity index (χ4n) is 1.89. The predicted octanol–water partition coefficient (Wildman–Crippen LogP) is 2.84. The molecule has 0 spiro atoms. The Balaban J connectivity index is 1.79. The molecule has 1 aromatic carbocycles. The molecule has 5 heteroatoms. The third-order valence-electron chi connectivity index (χ3n) is 2.93. The molecule has 4 nitrogen and oxygen atoms in total. The molecule has 1 aromatic heterocycles. The van der Waals surface area contributed by atoms with E-state index in [0.29, 0.717) is 12.1 Å². The molecule has 0 aliphatic rings. The van der Waals surface area contributed by atoms with Gasteiger partial charge in [0.05, 0.1) is 5.56 Å². The number of amides is 1. The number of rotatable bonds is 5. The normalized spacial score (nSPS) is 10.2. The van der Waals surface area contributed by atoms with Crippen molar-refractivity contribution in [3.05, 3.63) is 57.3 Å². The smallest absolute Gasteiger partial charge is 0.339 e. The molecule has 0 saturated heterocycles. The topological polar surface area (TPSA) is 55.4 Å². The van der Waals surface area contributed by atoms with E-state index < -0.39 is 5.97 Å². The maximum atomic E-state index is 11.9. The zero-order valence-corrected chi connectivity index (χ0v) is 12.8. The van der Waals surface area contributed by atoms with Crippen LogP contribution in [0, 0.1) is 13.8 Å². The van der Waals surface area contributed by atoms with Crippen molar-refractivity contribution in [3.63, 3.8) is 0 Å². The second-order valence-electron chi connectivity index (χ2n) is 4.67. The maximum Gasteiger partial charge on any atom is 0.339 e. The van der Waals surface area contributed by atoms with Crippen molar-refractivity contribution in [1.82, 2.24) is 5.32 Å². The van der Waals surface area contributed by atoms with Crippen molar-refractivity contribution in [1.29, 1.82) is 0 Å². The molecule has 2 rings (SSSR count). The van der Waals surface area contributed by atoms with Crippen LogP contribution in [0.1, 0.15) is 25.7 Å². The van der Waals surface area contributed by atoms with Crippen LogP contribution in [-0.4, -0.2) is 18.5 Å². The maximum absolute atomic E-state index is 11.9. The molecule has 0 aliphatic heterocycles. The summed E-state index contributed by atoms with van der Waals surface area (Å²) < 4.78 is 5.03. The number of thiophene rings is 1. The lowest BCUT2D eigenvalue weighted by molar-refractivity contribution is -0.124. The highest BCUT2D eigenvalue weighted by atomic mass is 32.1. The van der Waals surface area contributed by atoms with Crippen LogP contribution in [0.15, 0.2) is 36.4 Å². The Morgan fingerprint density at radius 2 is 1.90 bits per heavy atom. The average molecular weight is 303 g/mol. The molecule has 0 unspecified atom stereocenters. The van der Waals surface area contributed by atoms with E-state index in [1.807, 2.05) is 44.2 Å². The Morgan fingerprint density at radius 1 is 1.19 bits per heavy atom. The van der Waals surface area contributed by atoms with Gasteiger partial charge in [0.1, 0.15) is 0 Å². The van der Waals surface area contributed by atoms with Gasteiger partial charge in [-0.15, -0.1) is 11.3 Å². The summed E-state index contributed by atoms with van der Waals surface area (Å²) in [4.78, 5) is 25.5. The van der Waals surface area contributed by atoms with Crippen LogP contribution < -0.4 is 5.32 Å². The van der Waals surface area contributed by atoms with Gasteiger partial charge in [0.15, 0.2) is 6.61 Å². The lowest BCUT2D eigenvalue weighted by atomic mass is 10.2. The van der Waals surface area contributed by atoms with Gasteiger partial charge in [-0.3, -0.25) is 4.79 Å². The minimum absolute atomic E-state index is 0.264. The van der Waals surface area contributed by atoms with Gasteiger partial charge in [-0.1, -0.05) is 30.3 Å². The molecule has 1 amide bonds. The Labute approximate surface area is 127 Å². The van der Waals surface area contributed by atoms with E-state index in [-0.39, 0.29) is 12.5 Å². The minimum atomic E-state index is -0.452. The summed E-state index contributed by atoms with van der Waals surface area (Å²) in [6.45, 7) is 3.96. The van der Waals surface area contributed by atoms with E-state index in [1.54, 1.807) is 6.07 Å². The first-order valence-electron chi connectivity index (χ1n) is 6.61. The van der Waals surface area contributed by atoms with Crippen LogP contribution in [0.2, 0.25) is 0 Å². The van der Waals surface area contributed by atoms with Gasteiger partial charge in [0.25, 0.3) is 5.91 Å². The molecule has 0 fully saturated rings. The number of carbonyl (C=O) groups is 2. The SMILES string of the molecule is Cc1cc(C(=O)OCC(=O)NCc2ccccc2)c(C)s1. The number of benzene rings is 1. The zero-order valence-electron chi connectivity index (χ0n) is 12.0. The third-order valence-corrected chi connectivity index (χ3v) is 3.89. The second kappa shape index (κ2) is 7.04. The molecule has 21 heavy (non-hydrogen) atoms. The zero-order chi connectivity index (χ0) is 15.2. The summed E-state index contributed by atoms with van der Waals surface area (Å²) in [5.41, 5.74) is 1.54. The first-order valence-corrected chi connectivity index (χ1v) is 7.42. The molecular weight excluding hydrogens is 286 g/mol. The molecular formula is C16H17NO3S. The van der Waals surface area contributed by atoms with Gasteiger partial charge < -0.3 is 10.1 Å². The van der Waals surface area contributed by atoms with Gasteiger partial charge in [0, 0.05) is 16.3 Å². The largest absolute Gasteiger partial charge is 0.452 e. The Hall–Kier alpha value is -2.14. The summed E-state index contributed by atoms with van der Waals surface area (Å²) in [6, 6.07) is 11.3. The summed E-state index contributed by atoms with van der Waals surface area (Å²) in [6.07, 6.45) is 0. The summed E-state index contributed by atoms with van der Waals surface area (Å²) in [5.74, 6) is -0.761. The monoisotopic (exact) mass is 303 g/mol. The number of carbonyl (C=O) groups excluding carboxylic acids is 2. The lowest BCUT2D eigenvalue weighted by Gasteiger charge is -2.06. The molecule has 1 N–H and O–H groups in total. The van der Waals surface area contributed by atoms with Gasteiger partial charge >= 0.3 is 5.97 Å². The van der Waals surface area contributed by atoms with Crippen molar-refractivity contribution < 1.29 is 14.3 Å². The molecule has 110 valence electrons. The van der Waals surface area contributed by atoms with Crippen molar-refractivity contribution in [2.45, 2.75) is 20.4 Å². The predicted molar refractivity (Wildman–Crippen MR) is 82.4 cm³/mol. The number of hydrogen-bond acceptors (Lipinski definition) is 4. The number of ether oxygens (including phenoxy) is 1. The number of aryl methyl sites for hydroxylation is 2.